The highest BCUT2D eigenvalue weighted by molar-refractivity contribution is 8.27. The van der Waals surface area contributed by atoms with E-state index in [4.69, 9.17) is 10.1 Å². The molecule has 3 heterocycles. The summed E-state index contributed by atoms with van der Waals surface area (Å²) in [5, 5.41) is 12.4. The average Bonchev–Trinajstić information content (AvgIpc) is 3.10. The smallest absolute Gasteiger partial charge is 0.249 e. The van der Waals surface area contributed by atoms with E-state index in [1.165, 1.54) is 11.3 Å². The van der Waals surface area contributed by atoms with Crippen molar-refractivity contribution in [3.63, 3.8) is 0 Å². The summed E-state index contributed by atoms with van der Waals surface area (Å²) in [4.78, 5) is 6.80. The third-order valence-corrected chi connectivity index (χ3v) is 8.28. The third-order valence-electron chi connectivity index (χ3n) is 5.33. The number of benzene rings is 1. The Morgan fingerprint density at radius 2 is 1.97 bits per heavy atom. The summed E-state index contributed by atoms with van der Waals surface area (Å²) in [5.74, 6) is 6.05. The lowest BCUT2D eigenvalue weighted by Gasteiger charge is -2.26. The molecule has 1 aliphatic heterocycles. The Bertz CT molecular complexity index is 1230. The van der Waals surface area contributed by atoms with Gasteiger partial charge in [-0.3, -0.25) is 5.14 Å². The molecule has 1 fully saturated rings. The average molecular weight is 461 g/mol. The maximum atomic E-state index is 14.0. The molecule has 0 spiro atoms. The zero-order valence-corrected chi connectivity index (χ0v) is 18.9. The molecule has 1 aliphatic rings. The number of alkyl halides is 2. The first-order valence-electron chi connectivity index (χ1n) is 9.98. The van der Waals surface area contributed by atoms with Crippen LogP contribution in [0.15, 0.2) is 52.6 Å². The molecule has 0 amide bonds. The van der Waals surface area contributed by atoms with Gasteiger partial charge < -0.3 is 10.2 Å². The van der Waals surface area contributed by atoms with Gasteiger partial charge in [0, 0.05) is 42.6 Å². The van der Waals surface area contributed by atoms with Crippen molar-refractivity contribution in [1.82, 2.24) is 4.98 Å². The lowest BCUT2D eigenvalue weighted by molar-refractivity contribution is -0.0102. The molecule has 0 radical (unpaired) electrons. The standard InChI is InChI=1S/C23H26F2N4S2/c1-16(27-20-9-14-30-22(20)31(2,3)26)18-15-17-7-4-5-8-19(17)28-21(18)29-12-6-10-23(24,25)11-13-29/h4-5,7-9,14-15,27H,1-3,6,10-13,26H2. The minimum absolute atomic E-state index is 0.0990. The van der Waals surface area contributed by atoms with Gasteiger partial charge >= 0.3 is 0 Å². The number of nitrogens with two attached hydrogens (primary N) is 1. The zero-order chi connectivity index (χ0) is 22.2. The number of hydrogen-bond acceptors (Lipinski definition) is 5. The van der Waals surface area contributed by atoms with Gasteiger partial charge in [0.05, 0.1) is 15.4 Å². The first kappa shape index (κ1) is 21.8. The third kappa shape index (κ3) is 4.76. The number of thiophene rings is 1. The van der Waals surface area contributed by atoms with E-state index in [1.807, 2.05) is 46.7 Å². The summed E-state index contributed by atoms with van der Waals surface area (Å²) in [7, 11) is -1.90. The fourth-order valence-electron chi connectivity index (χ4n) is 3.78. The second-order valence-corrected chi connectivity index (χ2v) is 11.4. The number of para-hydroxylation sites is 1. The van der Waals surface area contributed by atoms with Gasteiger partial charge in [-0.05, 0) is 30.0 Å². The van der Waals surface area contributed by atoms with Crippen LogP contribution in [-0.2, 0) is 0 Å². The fraction of sp³-hybridized carbons (Fsp3) is 0.261. The number of anilines is 2. The van der Waals surface area contributed by atoms with Crippen LogP contribution in [0.5, 0.6) is 0 Å². The maximum Gasteiger partial charge on any atom is 0.249 e. The van der Waals surface area contributed by atoms with Crippen molar-refractivity contribution < 1.29 is 8.78 Å². The summed E-state index contributed by atoms with van der Waals surface area (Å²) in [5.41, 5.74) is 3.06. The number of nitrogens with zero attached hydrogens (tertiary/aromatic N) is 2. The lowest BCUT2D eigenvalue weighted by Crippen LogP contribution is -2.28. The summed E-state index contributed by atoms with van der Waals surface area (Å²) in [6.45, 7) is 5.02. The minimum atomic E-state index is -2.64. The number of pyridine rings is 1. The molecule has 1 aromatic carbocycles. The van der Waals surface area contributed by atoms with Crippen molar-refractivity contribution in [3.05, 3.63) is 53.9 Å². The number of halogens is 2. The van der Waals surface area contributed by atoms with Gasteiger partial charge in [0.2, 0.25) is 5.92 Å². The van der Waals surface area contributed by atoms with Gasteiger partial charge in [-0.2, -0.15) is 0 Å². The Kier molecular flexibility index (Phi) is 5.81. The highest BCUT2D eigenvalue weighted by atomic mass is 32.2. The Hall–Kier alpha value is -2.42. The molecule has 4 rings (SSSR count). The Labute approximate surface area is 186 Å². The predicted octanol–water partition coefficient (Wildman–Crippen LogP) is 5.91. The summed E-state index contributed by atoms with van der Waals surface area (Å²) in [6, 6.07) is 11.7. The normalized spacial score (nSPS) is 16.8. The Morgan fingerprint density at radius 3 is 2.74 bits per heavy atom. The van der Waals surface area contributed by atoms with Gasteiger partial charge in [-0.1, -0.05) is 36.5 Å². The molecule has 31 heavy (non-hydrogen) atoms. The van der Waals surface area contributed by atoms with Gasteiger partial charge in [-0.25, -0.2) is 13.8 Å². The monoisotopic (exact) mass is 460 g/mol. The zero-order valence-electron chi connectivity index (χ0n) is 17.2. The quantitative estimate of drug-likeness (QED) is 0.465. The van der Waals surface area contributed by atoms with Crippen LogP contribution in [-0.4, -0.2) is 35.7 Å². The van der Waals surface area contributed by atoms with Crippen molar-refractivity contribution >= 4 is 60.6 Å². The van der Waals surface area contributed by atoms with E-state index in [-0.39, 0.29) is 19.4 Å². The fourth-order valence-corrected chi connectivity index (χ4v) is 5.84. The predicted molar refractivity (Wildman–Crippen MR) is 134 cm³/mol. The molecular weight excluding hydrogens is 434 g/mol. The molecule has 0 unspecified atom stereocenters. The minimum Gasteiger partial charge on any atom is -0.356 e. The molecule has 3 N–H and O–H groups in total. The molecule has 0 aliphatic carbocycles. The van der Waals surface area contributed by atoms with E-state index in [0.717, 1.165) is 26.4 Å². The summed E-state index contributed by atoms with van der Waals surface area (Å²) in [6.07, 6.45) is 0.132. The topological polar surface area (TPSA) is 54.2 Å². The van der Waals surface area contributed by atoms with Crippen LogP contribution in [0.25, 0.3) is 16.6 Å². The van der Waals surface area contributed by atoms with E-state index >= 15 is 0 Å². The van der Waals surface area contributed by atoms with E-state index < -0.39 is 15.3 Å². The van der Waals surface area contributed by atoms with Crippen molar-refractivity contribution in [2.24, 2.45) is 5.14 Å². The van der Waals surface area contributed by atoms with Gasteiger partial charge in [0.25, 0.3) is 0 Å². The number of hydrogen-bond donors (Lipinski definition) is 2. The SMILES string of the molecule is C=C(Nc1ccsc1S(=C)(=C)N)c1cc2ccccc2nc1N1CCCC(F)(F)CC1. The second-order valence-electron chi connectivity index (χ2n) is 7.92. The molecular formula is C23H26F2N4S2. The number of nitrogens with one attached hydrogen (secondary N) is 1. The molecule has 0 bridgehead atoms. The summed E-state index contributed by atoms with van der Waals surface area (Å²) >= 11 is 1.51. The molecule has 0 atom stereocenters. The molecule has 1 saturated heterocycles. The van der Waals surface area contributed by atoms with Crippen LogP contribution in [0.2, 0.25) is 0 Å². The maximum absolute atomic E-state index is 14.0. The van der Waals surface area contributed by atoms with Crippen molar-refractivity contribution in [2.75, 3.05) is 23.3 Å². The first-order valence-corrected chi connectivity index (χ1v) is 12.9. The number of fused-ring (bicyclic) bond motifs is 1. The van der Waals surface area contributed by atoms with Crippen molar-refractivity contribution in [1.29, 1.82) is 0 Å². The van der Waals surface area contributed by atoms with E-state index in [2.05, 4.69) is 23.6 Å². The van der Waals surface area contributed by atoms with Gasteiger partial charge in [0.15, 0.2) is 0 Å². The van der Waals surface area contributed by atoms with Crippen LogP contribution in [0.1, 0.15) is 24.8 Å². The molecule has 2 aromatic heterocycles. The number of aromatic nitrogens is 1. The van der Waals surface area contributed by atoms with Crippen molar-refractivity contribution in [2.45, 2.75) is 29.4 Å². The van der Waals surface area contributed by atoms with Gasteiger partial charge in [-0.15, -0.1) is 20.7 Å². The van der Waals surface area contributed by atoms with Crippen LogP contribution < -0.4 is 15.4 Å². The van der Waals surface area contributed by atoms with Crippen molar-refractivity contribution in [3.8, 4) is 0 Å². The van der Waals surface area contributed by atoms with Crippen LogP contribution in [0.3, 0.4) is 0 Å². The lowest BCUT2D eigenvalue weighted by atomic mass is 10.1. The van der Waals surface area contributed by atoms with E-state index in [0.29, 0.717) is 24.5 Å². The van der Waals surface area contributed by atoms with Crippen LogP contribution in [0.4, 0.5) is 20.3 Å². The van der Waals surface area contributed by atoms with Gasteiger partial charge in [0.1, 0.15) is 5.82 Å². The Balaban J connectivity index is 1.75. The molecule has 4 nitrogen and oxygen atoms in total. The highest BCUT2D eigenvalue weighted by Crippen LogP contribution is 2.40. The van der Waals surface area contributed by atoms with Crippen LogP contribution in [0, 0.1) is 0 Å². The Morgan fingerprint density at radius 1 is 1.19 bits per heavy atom. The molecule has 8 heteroatoms. The van der Waals surface area contributed by atoms with E-state index in [1.54, 1.807) is 0 Å². The highest BCUT2D eigenvalue weighted by Gasteiger charge is 2.32. The molecule has 164 valence electrons. The van der Waals surface area contributed by atoms with Crippen LogP contribution >= 0.6 is 20.7 Å². The second kappa shape index (κ2) is 8.26. The summed E-state index contributed by atoms with van der Waals surface area (Å²) < 4.78 is 28.8. The number of rotatable bonds is 5. The largest absolute Gasteiger partial charge is 0.356 e. The molecule has 0 saturated carbocycles. The first-order chi connectivity index (χ1) is 14.6. The van der Waals surface area contributed by atoms with E-state index in [9.17, 15) is 8.78 Å². The molecule has 3 aromatic rings.